The van der Waals surface area contributed by atoms with Gasteiger partial charge in [0.15, 0.2) is 0 Å². The molecule has 0 aliphatic heterocycles. The highest BCUT2D eigenvalue weighted by atomic mass is 79.9. The average molecular weight is 406 g/mol. The van der Waals surface area contributed by atoms with E-state index in [2.05, 4.69) is 20.7 Å². The lowest BCUT2D eigenvalue weighted by Crippen LogP contribution is -2.27. The highest BCUT2D eigenvalue weighted by Gasteiger charge is 2.21. The molecule has 1 atom stereocenters. The van der Waals surface area contributed by atoms with Crippen LogP contribution >= 0.6 is 15.9 Å². The van der Waals surface area contributed by atoms with Gasteiger partial charge in [0.25, 0.3) is 0 Å². The fourth-order valence-corrected chi connectivity index (χ4v) is 3.97. The molecular weight excluding hydrogens is 392 g/mol. The van der Waals surface area contributed by atoms with Crippen LogP contribution in [-0.4, -0.2) is 15.5 Å². The molecule has 0 amide bonds. The van der Waals surface area contributed by atoms with Crippen LogP contribution in [0.4, 0.5) is 8.78 Å². The number of halogens is 3. The molecule has 2 rings (SSSR count). The number of hydrogen-bond acceptors (Lipinski definition) is 3. The van der Waals surface area contributed by atoms with Gasteiger partial charge in [-0.3, -0.25) is 0 Å². The van der Waals surface area contributed by atoms with Gasteiger partial charge >= 0.3 is 0 Å². The molecule has 2 aromatic rings. The van der Waals surface area contributed by atoms with Gasteiger partial charge in [-0.15, -0.1) is 0 Å². The second kappa shape index (κ2) is 6.94. The Hall–Kier alpha value is -1.51. The van der Waals surface area contributed by atoms with Crippen molar-refractivity contribution in [2.24, 2.45) is 0 Å². The summed E-state index contributed by atoms with van der Waals surface area (Å²) in [6.45, 7) is 1.48. The summed E-state index contributed by atoms with van der Waals surface area (Å²) in [6.07, 6.45) is 0. The number of hydrogen-bond donors (Lipinski definition) is 1. The summed E-state index contributed by atoms with van der Waals surface area (Å²) in [6, 6.07) is 6.40. The van der Waals surface area contributed by atoms with E-state index in [1.165, 1.54) is 38.3 Å². The lowest BCUT2D eigenvalue weighted by atomic mass is 10.1. The Morgan fingerprint density at radius 2 is 1.87 bits per heavy atom. The monoisotopic (exact) mass is 405 g/mol. The molecule has 1 N–H and O–H groups in total. The van der Waals surface area contributed by atoms with E-state index in [1.807, 2.05) is 0 Å². The van der Waals surface area contributed by atoms with Crippen molar-refractivity contribution >= 4 is 26.0 Å². The number of ether oxygens (including phenoxy) is 1. The molecule has 0 radical (unpaired) electrons. The summed E-state index contributed by atoms with van der Waals surface area (Å²) >= 11 is 3.21. The summed E-state index contributed by atoms with van der Waals surface area (Å²) in [7, 11) is -2.41. The quantitative estimate of drug-likeness (QED) is 0.823. The van der Waals surface area contributed by atoms with Gasteiger partial charge in [0.2, 0.25) is 10.0 Å². The van der Waals surface area contributed by atoms with Gasteiger partial charge in [0.05, 0.1) is 16.5 Å². The zero-order valence-corrected chi connectivity index (χ0v) is 14.7. The topological polar surface area (TPSA) is 55.4 Å². The van der Waals surface area contributed by atoms with Crippen LogP contribution in [0.5, 0.6) is 5.75 Å². The Morgan fingerprint density at radius 3 is 2.43 bits per heavy atom. The Morgan fingerprint density at radius 1 is 1.17 bits per heavy atom. The summed E-state index contributed by atoms with van der Waals surface area (Å²) in [5.41, 5.74) is 0.0579. The molecule has 0 heterocycles. The highest BCUT2D eigenvalue weighted by Crippen LogP contribution is 2.28. The molecule has 8 heteroatoms. The third-order valence-corrected chi connectivity index (χ3v) is 5.35. The van der Waals surface area contributed by atoms with Crippen LogP contribution < -0.4 is 9.46 Å². The molecule has 0 aliphatic rings. The first kappa shape index (κ1) is 17.8. The maximum atomic E-state index is 13.7. The smallest absolute Gasteiger partial charge is 0.241 e. The minimum Gasteiger partial charge on any atom is -0.496 e. The van der Waals surface area contributed by atoms with E-state index in [0.717, 1.165) is 6.07 Å². The third kappa shape index (κ3) is 4.07. The van der Waals surface area contributed by atoms with Crippen molar-refractivity contribution in [3.8, 4) is 5.75 Å². The van der Waals surface area contributed by atoms with Gasteiger partial charge in [-0.1, -0.05) is 6.07 Å². The SMILES string of the molecule is COc1ccc(S(=O)(=O)NC(C)c2ccc(F)cc2F)cc1Br. The Labute approximate surface area is 141 Å². The second-order valence-corrected chi connectivity index (χ2v) is 7.37. The standard InChI is InChI=1S/C15H14BrF2NO3S/c1-9(12-5-3-10(17)7-14(12)18)19-23(20,21)11-4-6-15(22-2)13(16)8-11/h3-9,19H,1-2H3. The third-order valence-electron chi connectivity index (χ3n) is 3.19. The fourth-order valence-electron chi connectivity index (χ4n) is 2.03. The maximum absolute atomic E-state index is 13.7. The van der Waals surface area contributed by atoms with Crippen molar-refractivity contribution in [1.29, 1.82) is 0 Å². The van der Waals surface area contributed by atoms with Crippen LogP contribution in [0.2, 0.25) is 0 Å². The molecule has 23 heavy (non-hydrogen) atoms. The summed E-state index contributed by atoms with van der Waals surface area (Å²) in [5, 5.41) is 0. The zero-order valence-electron chi connectivity index (χ0n) is 12.3. The number of methoxy groups -OCH3 is 1. The molecule has 2 aromatic carbocycles. The lowest BCUT2D eigenvalue weighted by Gasteiger charge is -2.16. The lowest BCUT2D eigenvalue weighted by molar-refractivity contribution is 0.411. The van der Waals surface area contributed by atoms with Crippen LogP contribution in [0.3, 0.4) is 0 Å². The predicted molar refractivity (Wildman–Crippen MR) is 85.8 cm³/mol. The Bertz CT molecular complexity index is 827. The van der Waals surface area contributed by atoms with Crippen molar-refractivity contribution in [1.82, 2.24) is 4.72 Å². The molecule has 1 unspecified atom stereocenters. The molecule has 4 nitrogen and oxygen atoms in total. The van der Waals surface area contributed by atoms with E-state index in [4.69, 9.17) is 4.74 Å². The van der Waals surface area contributed by atoms with E-state index in [0.29, 0.717) is 16.3 Å². The van der Waals surface area contributed by atoms with E-state index in [1.54, 1.807) is 0 Å². The van der Waals surface area contributed by atoms with E-state index in [-0.39, 0.29) is 10.5 Å². The van der Waals surface area contributed by atoms with Crippen molar-refractivity contribution in [2.45, 2.75) is 17.9 Å². The van der Waals surface area contributed by atoms with Crippen molar-refractivity contribution in [3.05, 3.63) is 58.1 Å². The molecule has 124 valence electrons. The van der Waals surface area contributed by atoms with Gasteiger partial charge in [0, 0.05) is 17.7 Å². The highest BCUT2D eigenvalue weighted by molar-refractivity contribution is 9.10. The van der Waals surface area contributed by atoms with Gasteiger partial charge in [0.1, 0.15) is 17.4 Å². The molecule has 0 aliphatic carbocycles. The maximum Gasteiger partial charge on any atom is 0.241 e. The van der Waals surface area contributed by atoms with Crippen LogP contribution in [0.1, 0.15) is 18.5 Å². The molecular formula is C15H14BrF2NO3S. The summed E-state index contributed by atoms with van der Waals surface area (Å²) < 4.78 is 59.3. The van der Waals surface area contributed by atoms with Crippen LogP contribution in [0.15, 0.2) is 45.8 Å². The first-order valence-electron chi connectivity index (χ1n) is 6.55. The van der Waals surface area contributed by atoms with Gasteiger partial charge in [-0.05, 0) is 47.1 Å². The van der Waals surface area contributed by atoms with Gasteiger partial charge in [-0.2, -0.15) is 0 Å². The normalized spacial score (nSPS) is 12.9. The molecule has 0 aromatic heterocycles. The number of benzene rings is 2. The number of nitrogens with one attached hydrogen (secondary N) is 1. The Balaban J connectivity index is 2.28. The van der Waals surface area contributed by atoms with Crippen LogP contribution in [0.25, 0.3) is 0 Å². The largest absolute Gasteiger partial charge is 0.496 e. The van der Waals surface area contributed by atoms with Gasteiger partial charge in [-0.25, -0.2) is 21.9 Å². The van der Waals surface area contributed by atoms with Crippen LogP contribution in [0, 0.1) is 11.6 Å². The molecule has 0 bridgehead atoms. The number of sulfonamides is 1. The molecule has 0 saturated heterocycles. The molecule has 0 saturated carbocycles. The van der Waals surface area contributed by atoms with Crippen molar-refractivity contribution in [2.75, 3.05) is 7.11 Å². The minimum atomic E-state index is -3.88. The molecule has 0 fully saturated rings. The van der Waals surface area contributed by atoms with Crippen LogP contribution in [-0.2, 0) is 10.0 Å². The summed E-state index contributed by atoms with van der Waals surface area (Å²) in [5.74, 6) is -1.04. The second-order valence-electron chi connectivity index (χ2n) is 4.81. The van der Waals surface area contributed by atoms with E-state index >= 15 is 0 Å². The predicted octanol–water partition coefficient (Wildman–Crippen LogP) is 3.78. The summed E-state index contributed by atoms with van der Waals surface area (Å²) in [4.78, 5) is -0.000421. The van der Waals surface area contributed by atoms with Gasteiger partial charge < -0.3 is 4.74 Å². The number of rotatable bonds is 5. The first-order valence-corrected chi connectivity index (χ1v) is 8.83. The minimum absolute atomic E-state index is 0.000421. The van der Waals surface area contributed by atoms with Crippen molar-refractivity contribution in [3.63, 3.8) is 0 Å². The first-order chi connectivity index (χ1) is 10.7. The molecule has 0 spiro atoms. The Kier molecular flexibility index (Phi) is 5.38. The van der Waals surface area contributed by atoms with E-state index < -0.39 is 27.7 Å². The average Bonchev–Trinajstić information content (AvgIpc) is 2.46. The zero-order chi connectivity index (χ0) is 17.2. The fraction of sp³-hybridized carbons (Fsp3) is 0.200. The van der Waals surface area contributed by atoms with E-state index in [9.17, 15) is 17.2 Å². The van der Waals surface area contributed by atoms with Crippen molar-refractivity contribution < 1.29 is 21.9 Å².